The third-order valence-corrected chi connectivity index (χ3v) is 4.19. The minimum atomic E-state index is 0.425. The van der Waals surface area contributed by atoms with E-state index in [1.165, 1.54) is 12.8 Å². The van der Waals surface area contributed by atoms with Gasteiger partial charge in [0.1, 0.15) is 5.03 Å². The maximum absolute atomic E-state index is 5.55. The van der Waals surface area contributed by atoms with Gasteiger partial charge in [-0.15, -0.1) is 11.8 Å². The Morgan fingerprint density at radius 1 is 1.64 bits per heavy atom. The van der Waals surface area contributed by atoms with E-state index in [4.69, 9.17) is 4.74 Å². The molecule has 1 aliphatic heterocycles. The largest absolute Gasteiger partial charge is 0.377 e. The molecule has 0 radical (unpaired) electrons. The van der Waals surface area contributed by atoms with Crippen LogP contribution in [0.5, 0.6) is 0 Å². The van der Waals surface area contributed by atoms with E-state index < -0.39 is 0 Å². The molecule has 0 aliphatic carbocycles. The molecule has 1 aromatic heterocycles. The number of rotatable bonds is 3. The summed E-state index contributed by atoms with van der Waals surface area (Å²) in [7, 11) is 0. The summed E-state index contributed by atoms with van der Waals surface area (Å²) >= 11 is 5.24. The molecule has 0 spiro atoms. The first-order valence-electron chi connectivity index (χ1n) is 4.71. The zero-order chi connectivity index (χ0) is 9.80. The van der Waals surface area contributed by atoms with Gasteiger partial charge in [-0.2, -0.15) is 0 Å². The van der Waals surface area contributed by atoms with E-state index in [-0.39, 0.29) is 0 Å². The van der Waals surface area contributed by atoms with Gasteiger partial charge in [0, 0.05) is 23.0 Å². The highest BCUT2D eigenvalue weighted by atomic mass is 79.9. The summed E-state index contributed by atoms with van der Waals surface area (Å²) in [6.07, 6.45) is 4.64. The van der Waals surface area contributed by atoms with E-state index in [0.717, 1.165) is 21.9 Å². The van der Waals surface area contributed by atoms with Gasteiger partial charge < -0.3 is 4.74 Å². The Balaban J connectivity index is 1.88. The number of nitrogens with zero attached hydrogens (tertiary/aromatic N) is 1. The third-order valence-electron chi connectivity index (χ3n) is 2.15. The molecule has 1 fully saturated rings. The van der Waals surface area contributed by atoms with Crippen molar-refractivity contribution in [1.82, 2.24) is 4.98 Å². The van der Waals surface area contributed by atoms with E-state index in [1.807, 2.05) is 18.3 Å². The summed E-state index contributed by atoms with van der Waals surface area (Å²) in [6, 6.07) is 3.95. The predicted octanol–water partition coefficient (Wildman–Crippen LogP) is 3.12. The molecule has 0 N–H and O–H groups in total. The molecular formula is C10H12BrNOS. The number of halogens is 1. The van der Waals surface area contributed by atoms with Crippen molar-refractivity contribution in [1.29, 1.82) is 0 Å². The summed E-state index contributed by atoms with van der Waals surface area (Å²) < 4.78 is 6.62. The molecule has 0 bridgehead atoms. The van der Waals surface area contributed by atoms with Crippen molar-refractivity contribution in [2.45, 2.75) is 24.0 Å². The second-order valence-corrected chi connectivity index (χ2v) is 5.10. The summed E-state index contributed by atoms with van der Waals surface area (Å²) in [4.78, 5) is 4.30. The number of hydrogen-bond acceptors (Lipinski definition) is 3. The van der Waals surface area contributed by atoms with Crippen molar-refractivity contribution in [2.75, 3.05) is 12.4 Å². The van der Waals surface area contributed by atoms with Crippen LogP contribution in [0, 0.1) is 0 Å². The van der Waals surface area contributed by atoms with E-state index >= 15 is 0 Å². The molecular weight excluding hydrogens is 262 g/mol. The fourth-order valence-corrected chi connectivity index (χ4v) is 2.97. The SMILES string of the molecule is Brc1cccnc1SCC1CCCO1. The molecule has 76 valence electrons. The van der Waals surface area contributed by atoms with Gasteiger partial charge in [-0.1, -0.05) is 0 Å². The number of hydrogen-bond donors (Lipinski definition) is 0. The van der Waals surface area contributed by atoms with Gasteiger partial charge >= 0.3 is 0 Å². The highest BCUT2D eigenvalue weighted by molar-refractivity contribution is 9.10. The van der Waals surface area contributed by atoms with Crippen LogP contribution in [-0.2, 0) is 4.74 Å². The smallest absolute Gasteiger partial charge is 0.110 e. The zero-order valence-corrected chi connectivity index (χ0v) is 10.2. The Morgan fingerprint density at radius 2 is 2.57 bits per heavy atom. The first kappa shape index (κ1) is 10.5. The molecule has 1 unspecified atom stereocenters. The van der Waals surface area contributed by atoms with E-state index in [0.29, 0.717) is 6.10 Å². The van der Waals surface area contributed by atoms with Crippen molar-refractivity contribution in [3.05, 3.63) is 22.8 Å². The Kier molecular flexibility index (Phi) is 3.84. The quantitative estimate of drug-likeness (QED) is 0.791. The van der Waals surface area contributed by atoms with Crippen molar-refractivity contribution in [3.63, 3.8) is 0 Å². The van der Waals surface area contributed by atoms with Gasteiger partial charge in [0.2, 0.25) is 0 Å². The normalized spacial score (nSPS) is 21.4. The van der Waals surface area contributed by atoms with Gasteiger partial charge in [-0.25, -0.2) is 4.98 Å². The molecule has 1 aromatic rings. The van der Waals surface area contributed by atoms with Gasteiger partial charge in [-0.05, 0) is 40.9 Å². The Labute approximate surface area is 96.6 Å². The lowest BCUT2D eigenvalue weighted by atomic mass is 10.3. The Morgan fingerprint density at radius 3 is 3.29 bits per heavy atom. The average Bonchev–Trinajstić information content (AvgIpc) is 2.69. The fraction of sp³-hybridized carbons (Fsp3) is 0.500. The van der Waals surface area contributed by atoms with Crippen LogP contribution in [0.3, 0.4) is 0 Å². The van der Waals surface area contributed by atoms with Gasteiger partial charge in [0.05, 0.1) is 6.10 Å². The van der Waals surface area contributed by atoms with Gasteiger partial charge in [0.25, 0.3) is 0 Å². The molecule has 14 heavy (non-hydrogen) atoms. The van der Waals surface area contributed by atoms with Crippen LogP contribution in [0.2, 0.25) is 0 Å². The van der Waals surface area contributed by atoms with Crippen molar-refractivity contribution in [2.24, 2.45) is 0 Å². The minimum Gasteiger partial charge on any atom is -0.377 e. The Bertz CT molecular complexity index is 302. The molecule has 1 atom stereocenters. The Hall–Kier alpha value is -0.0600. The first-order valence-corrected chi connectivity index (χ1v) is 6.49. The monoisotopic (exact) mass is 273 g/mol. The van der Waals surface area contributed by atoms with Crippen molar-refractivity contribution >= 4 is 27.7 Å². The second kappa shape index (κ2) is 5.14. The third kappa shape index (κ3) is 2.72. The average molecular weight is 274 g/mol. The van der Waals surface area contributed by atoms with Crippen LogP contribution in [0.4, 0.5) is 0 Å². The maximum Gasteiger partial charge on any atom is 0.110 e. The van der Waals surface area contributed by atoms with Crippen LogP contribution < -0.4 is 0 Å². The summed E-state index contributed by atoms with van der Waals surface area (Å²) in [6.45, 7) is 0.925. The molecule has 2 rings (SSSR count). The number of thioether (sulfide) groups is 1. The molecule has 2 heterocycles. The topological polar surface area (TPSA) is 22.1 Å². The lowest BCUT2D eigenvalue weighted by Gasteiger charge is -2.08. The van der Waals surface area contributed by atoms with E-state index in [9.17, 15) is 0 Å². The van der Waals surface area contributed by atoms with Crippen molar-refractivity contribution < 1.29 is 4.74 Å². The molecule has 0 amide bonds. The van der Waals surface area contributed by atoms with Gasteiger partial charge in [0.15, 0.2) is 0 Å². The molecule has 2 nitrogen and oxygen atoms in total. The second-order valence-electron chi connectivity index (χ2n) is 3.24. The number of ether oxygens (including phenoxy) is 1. The molecule has 1 saturated heterocycles. The fourth-order valence-electron chi connectivity index (χ4n) is 1.43. The molecule has 0 aromatic carbocycles. The summed E-state index contributed by atoms with van der Waals surface area (Å²) in [5.41, 5.74) is 0. The zero-order valence-electron chi connectivity index (χ0n) is 7.78. The molecule has 1 aliphatic rings. The van der Waals surface area contributed by atoms with Crippen LogP contribution in [0.1, 0.15) is 12.8 Å². The van der Waals surface area contributed by atoms with Crippen LogP contribution in [0.15, 0.2) is 27.8 Å². The van der Waals surface area contributed by atoms with E-state index in [2.05, 4.69) is 20.9 Å². The predicted molar refractivity (Wildman–Crippen MR) is 61.6 cm³/mol. The molecule has 4 heteroatoms. The highest BCUT2D eigenvalue weighted by Gasteiger charge is 2.16. The van der Waals surface area contributed by atoms with Crippen LogP contribution in [0.25, 0.3) is 0 Å². The van der Waals surface area contributed by atoms with Crippen LogP contribution >= 0.6 is 27.7 Å². The van der Waals surface area contributed by atoms with Crippen LogP contribution in [-0.4, -0.2) is 23.4 Å². The van der Waals surface area contributed by atoms with Gasteiger partial charge in [-0.3, -0.25) is 0 Å². The summed E-state index contributed by atoms with van der Waals surface area (Å²) in [5.74, 6) is 1.01. The standard InChI is InChI=1S/C10H12BrNOS/c11-9-4-1-5-12-10(9)14-7-8-3-2-6-13-8/h1,4-5,8H,2-3,6-7H2. The number of pyridine rings is 1. The maximum atomic E-state index is 5.55. The first-order chi connectivity index (χ1) is 6.86. The van der Waals surface area contributed by atoms with Crippen molar-refractivity contribution in [3.8, 4) is 0 Å². The lowest BCUT2D eigenvalue weighted by Crippen LogP contribution is -2.07. The summed E-state index contributed by atoms with van der Waals surface area (Å²) in [5, 5.41) is 1.06. The number of aromatic nitrogens is 1. The minimum absolute atomic E-state index is 0.425. The lowest BCUT2D eigenvalue weighted by molar-refractivity contribution is 0.129. The highest BCUT2D eigenvalue weighted by Crippen LogP contribution is 2.27. The van der Waals surface area contributed by atoms with E-state index in [1.54, 1.807) is 11.8 Å². The molecule has 0 saturated carbocycles.